The van der Waals surface area contributed by atoms with Gasteiger partial charge in [-0.3, -0.25) is 19.0 Å². The maximum Gasteiger partial charge on any atom is 0.328 e. The minimum absolute atomic E-state index is 0.0386. The van der Waals surface area contributed by atoms with E-state index < -0.39 is 16.5 Å². The first-order valence-electron chi connectivity index (χ1n) is 8.83. The molecule has 26 heavy (non-hydrogen) atoms. The van der Waals surface area contributed by atoms with E-state index in [1.54, 1.807) is 7.05 Å². The number of aromatic amines is 1. The molecule has 144 valence electrons. The van der Waals surface area contributed by atoms with Crippen molar-refractivity contribution in [3.63, 3.8) is 0 Å². The number of aromatic nitrogens is 2. The summed E-state index contributed by atoms with van der Waals surface area (Å²) in [4.78, 5) is 50.9. The third-order valence-electron chi connectivity index (χ3n) is 6.22. The standard InChI is InChI=1S/C18H28N4O4/c1-17(2)12(13(23)19-4)6-8-18(17,3)15(25)20-9-7-11-10-21-16(26)22(5)14(11)24/h10,12H,6-9H2,1-5H3,(H,19,23)(H,20,25)(H,21,26)/t12-,18+/m1/s1. The molecule has 8 nitrogen and oxygen atoms in total. The molecule has 3 N–H and O–H groups in total. The van der Waals surface area contributed by atoms with Gasteiger partial charge in [-0.15, -0.1) is 0 Å². The van der Waals surface area contributed by atoms with Gasteiger partial charge < -0.3 is 15.6 Å². The highest BCUT2D eigenvalue weighted by Crippen LogP contribution is 2.56. The first-order valence-corrected chi connectivity index (χ1v) is 8.83. The summed E-state index contributed by atoms with van der Waals surface area (Å²) < 4.78 is 1.01. The van der Waals surface area contributed by atoms with E-state index in [0.717, 1.165) is 4.57 Å². The minimum atomic E-state index is -0.667. The summed E-state index contributed by atoms with van der Waals surface area (Å²) in [5.74, 6) is -0.367. The Labute approximate surface area is 152 Å². The predicted molar refractivity (Wildman–Crippen MR) is 97.7 cm³/mol. The van der Waals surface area contributed by atoms with Gasteiger partial charge in [0.1, 0.15) is 0 Å². The lowest BCUT2D eigenvalue weighted by Crippen LogP contribution is -2.49. The monoisotopic (exact) mass is 364 g/mol. The molecule has 0 unspecified atom stereocenters. The van der Waals surface area contributed by atoms with Crippen LogP contribution in [0.15, 0.2) is 15.8 Å². The maximum absolute atomic E-state index is 12.9. The van der Waals surface area contributed by atoms with Crippen LogP contribution in [0.3, 0.4) is 0 Å². The van der Waals surface area contributed by atoms with Gasteiger partial charge >= 0.3 is 5.69 Å². The maximum atomic E-state index is 12.9. The summed E-state index contributed by atoms with van der Waals surface area (Å²) in [6.45, 7) is 6.09. The van der Waals surface area contributed by atoms with Gasteiger partial charge in [0.25, 0.3) is 5.56 Å². The Bertz CT molecular complexity index is 823. The largest absolute Gasteiger partial charge is 0.359 e. The molecule has 1 aromatic rings. The summed E-state index contributed by atoms with van der Waals surface area (Å²) in [5.41, 5.74) is -1.55. The van der Waals surface area contributed by atoms with Crippen molar-refractivity contribution in [3.8, 4) is 0 Å². The molecule has 1 fully saturated rings. The zero-order valence-corrected chi connectivity index (χ0v) is 16.1. The Morgan fingerprint density at radius 2 is 1.96 bits per heavy atom. The van der Waals surface area contributed by atoms with Crippen LogP contribution >= 0.6 is 0 Å². The first kappa shape index (κ1) is 19.9. The van der Waals surface area contributed by atoms with Crippen LogP contribution in [-0.4, -0.2) is 35.0 Å². The number of carbonyl (C=O) groups excluding carboxylic acids is 2. The van der Waals surface area contributed by atoms with Crippen molar-refractivity contribution in [3.05, 3.63) is 32.6 Å². The van der Waals surface area contributed by atoms with Crippen molar-refractivity contribution < 1.29 is 9.59 Å². The molecular weight excluding hydrogens is 336 g/mol. The summed E-state index contributed by atoms with van der Waals surface area (Å²) >= 11 is 0. The van der Waals surface area contributed by atoms with E-state index in [-0.39, 0.29) is 29.8 Å². The summed E-state index contributed by atoms with van der Waals surface area (Å²) in [5, 5.41) is 5.58. The van der Waals surface area contributed by atoms with Crippen LogP contribution in [0.25, 0.3) is 0 Å². The topological polar surface area (TPSA) is 113 Å². The van der Waals surface area contributed by atoms with Gasteiger partial charge in [-0.25, -0.2) is 4.79 Å². The number of nitrogens with one attached hydrogen (secondary N) is 3. The zero-order chi connectivity index (χ0) is 19.7. The van der Waals surface area contributed by atoms with Gasteiger partial charge in [0.05, 0.1) is 5.41 Å². The fourth-order valence-corrected chi connectivity index (χ4v) is 3.84. The highest BCUT2D eigenvalue weighted by Gasteiger charge is 2.57. The van der Waals surface area contributed by atoms with E-state index in [1.165, 1.54) is 13.2 Å². The van der Waals surface area contributed by atoms with Crippen molar-refractivity contribution in [2.24, 2.45) is 23.8 Å². The lowest BCUT2D eigenvalue weighted by molar-refractivity contribution is -0.138. The molecular formula is C18H28N4O4. The summed E-state index contributed by atoms with van der Waals surface area (Å²) in [7, 11) is 3.02. The van der Waals surface area contributed by atoms with Crippen LogP contribution in [0.2, 0.25) is 0 Å². The molecule has 2 atom stereocenters. The lowest BCUT2D eigenvalue weighted by Gasteiger charge is -2.39. The number of H-pyrrole nitrogens is 1. The Hall–Kier alpha value is -2.38. The molecule has 1 aromatic heterocycles. The number of amides is 2. The molecule has 2 rings (SSSR count). The SMILES string of the molecule is CNC(=O)[C@H]1CC[C@@](C)(C(=O)NCCc2c[nH]c(=O)n(C)c2=O)C1(C)C. The van der Waals surface area contributed by atoms with Crippen molar-refractivity contribution >= 4 is 11.8 Å². The van der Waals surface area contributed by atoms with E-state index >= 15 is 0 Å². The Morgan fingerprint density at radius 1 is 1.31 bits per heavy atom. The third-order valence-corrected chi connectivity index (χ3v) is 6.22. The lowest BCUT2D eigenvalue weighted by atomic mass is 9.65. The van der Waals surface area contributed by atoms with Gasteiger partial charge in [-0.2, -0.15) is 0 Å². The normalized spacial score (nSPS) is 24.3. The highest BCUT2D eigenvalue weighted by molar-refractivity contribution is 5.87. The second-order valence-corrected chi connectivity index (χ2v) is 7.75. The second kappa shape index (κ2) is 7.09. The van der Waals surface area contributed by atoms with E-state index in [4.69, 9.17) is 0 Å². The van der Waals surface area contributed by atoms with Crippen LogP contribution in [0.5, 0.6) is 0 Å². The molecule has 1 aliphatic carbocycles. The zero-order valence-electron chi connectivity index (χ0n) is 16.1. The van der Waals surface area contributed by atoms with Gasteiger partial charge in [-0.1, -0.05) is 20.8 Å². The molecule has 0 aromatic carbocycles. The molecule has 0 bridgehead atoms. The van der Waals surface area contributed by atoms with Gasteiger partial charge in [0.2, 0.25) is 11.8 Å². The molecule has 0 aliphatic heterocycles. The molecule has 0 spiro atoms. The molecule has 2 amide bonds. The third kappa shape index (κ3) is 3.20. The Morgan fingerprint density at radius 3 is 2.58 bits per heavy atom. The van der Waals surface area contributed by atoms with E-state index in [9.17, 15) is 19.2 Å². The van der Waals surface area contributed by atoms with Crippen LogP contribution in [0.4, 0.5) is 0 Å². The van der Waals surface area contributed by atoms with Crippen LogP contribution in [-0.2, 0) is 23.1 Å². The van der Waals surface area contributed by atoms with Crippen LogP contribution < -0.4 is 21.9 Å². The number of nitrogens with zero attached hydrogens (tertiary/aromatic N) is 1. The quantitative estimate of drug-likeness (QED) is 0.678. The average Bonchev–Trinajstić information content (AvgIpc) is 2.84. The van der Waals surface area contributed by atoms with Crippen molar-refractivity contribution in [2.75, 3.05) is 13.6 Å². The minimum Gasteiger partial charge on any atom is -0.359 e. The number of rotatable bonds is 5. The first-order chi connectivity index (χ1) is 12.1. The second-order valence-electron chi connectivity index (χ2n) is 7.75. The summed E-state index contributed by atoms with van der Waals surface area (Å²) in [6, 6.07) is 0. The van der Waals surface area contributed by atoms with E-state index in [2.05, 4.69) is 15.6 Å². The molecule has 8 heteroatoms. The molecule has 0 radical (unpaired) electrons. The highest BCUT2D eigenvalue weighted by atomic mass is 16.2. The van der Waals surface area contributed by atoms with Gasteiger partial charge in [-0.05, 0) is 24.7 Å². The smallest absolute Gasteiger partial charge is 0.328 e. The van der Waals surface area contributed by atoms with E-state index in [1.807, 2.05) is 20.8 Å². The molecule has 1 saturated carbocycles. The van der Waals surface area contributed by atoms with Crippen LogP contribution in [0.1, 0.15) is 39.2 Å². The van der Waals surface area contributed by atoms with E-state index in [0.29, 0.717) is 24.8 Å². The predicted octanol–water partition coefficient (Wildman–Crippen LogP) is -0.0792. The summed E-state index contributed by atoms with van der Waals surface area (Å²) in [6.07, 6.45) is 3.01. The van der Waals surface area contributed by atoms with Gasteiger partial charge in [0.15, 0.2) is 0 Å². The van der Waals surface area contributed by atoms with Crippen molar-refractivity contribution in [2.45, 2.75) is 40.0 Å². The molecule has 1 aliphatic rings. The van der Waals surface area contributed by atoms with Crippen molar-refractivity contribution in [1.29, 1.82) is 0 Å². The van der Waals surface area contributed by atoms with Crippen LogP contribution in [0, 0.1) is 16.7 Å². The van der Waals surface area contributed by atoms with Crippen molar-refractivity contribution in [1.82, 2.24) is 20.2 Å². The molecule has 0 saturated heterocycles. The Kier molecular flexibility index (Phi) is 5.44. The fraction of sp³-hybridized carbons (Fsp3) is 0.667. The van der Waals surface area contributed by atoms with Gasteiger partial charge in [0, 0.05) is 38.3 Å². The Balaban J connectivity index is 2.06. The molecule has 1 heterocycles. The number of hydrogen-bond donors (Lipinski definition) is 3. The fourth-order valence-electron chi connectivity index (χ4n) is 3.84. The average molecular weight is 364 g/mol. The number of carbonyl (C=O) groups is 2. The number of hydrogen-bond acceptors (Lipinski definition) is 4.